The number of esters is 1. The van der Waals surface area contributed by atoms with E-state index in [-0.39, 0.29) is 18.9 Å². The summed E-state index contributed by atoms with van der Waals surface area (Å²) >= 11 is 3.33. The Morgan fingerprint density at radius 2 is 2.06 bits per heavy atom. The number of halogens is 1. The van der Waals surface area contributed by atoms with Crippen LogP contribution in [0, 0.1) is 0 Å². The fourth-order valence-corrected chi connectivity index (χ4v) is 1.72. The lowest BCUT2D eigenvalue weighted by atomic mass is 10.1. The van der Waals surface area contributed by atoms with Gasteiger partial charge in [0.15, 0.2) is 0 Å². The predicted octanol–water partition coefficient (Wildman–Crippen LogP) is 1.55. The summed E-state index contributed by atoms with van der Waals surface area (Å²) in [6, 6.07) is 7.50. The number of cyclic esters (lactones) is 1. The topological polar surface area (TPSA) is 55.4 Å². The van der Waals surface area contributed by atoms with Gasteiger partial charge in [0.2, 0.25) is 5.91 Å². The minimum atomic E-state index is -0.413. The molecule has 17 heavy (non-hydrogen) atoms. The van der Waals surface area contributed by atoms with E-state index in [2.05, 4.69) is 26.0 Å². The van der Waals surface area contributed by atoms with Gasteiger partial charge in [-0.05, 0) is 17.7 Å². The summed E-state index contributed by atoms with van der Waals surface area (Å²) in [5, 5.41) is 2.64. The summed E-state index contributed by atoms with van der Waals surface area (Å²) in [5.74, 6) is -0.569. The summed E-state index contributed by atoms with van der Waals surface area (Å²) in [5.41, 5.74) is 1.42. The molecule has 0 aromatic heterocycles. The molecule has 1 heterocycles. The molecule has 0 saturated carbocycles. The molecule has 2 rings (SSSR count). The van der Waals surface area contributed by atoms with E-state index in [1.807, 2.05) is 24.3 Å². The van der Waals surface area contributed by atoms with Crippen molar-refractivity contribution in [2.45, 2.75) is 6.42 Å². The second-order valence-corrected chi connectivity index (χ2v) is 4.54. The van der Waals surface area contributed by atoms with Gasteiger partial charge in [-0.15, -0.1) is 0 Å². The average Bonchev–Trinajstić information content (AvgIpc) is 2.67. The monoisotopic (exact) mass is 295 g/mol. The van der Waals surface area contributed by atoms with Crippen LogP contribution in [0.25, 0.3) is 0 Å². The van der Waals surface area contributed by atoms with Gasteiger partial charge in [0.1, 0.15) is 6.61 Å². The second kappa shape index (κ2) is 5.14. The van der Waals surface area contributed by atoms with Crippen LogP contribution in [-0.4, -0.2) is 18.5 Å². The van der Waals surface area contributed by atoms with Crippen molar-refractivity contribution in [2.24, 2.45) is 0 Å². The highest BCUT2D eigenvalue weighted by atomic mass is 79.9. The number of carbonyl (C=O) groups excluding carboxylic acids is 2. The minimum absolute atomic E-state index is 0.144. The van der Waals surface area contributed by atoms with Crippen LogP contribution >= 0.6 is 15.9 Å². The second-order valence-electron chi connectivity index (χ2n) is 3.63. The van der Waals surface area contributed by atoms with Gasteiger partial charge in [0.05, 0.1) is 12.1 Å². The predicted molar refractivity (Wildman–Crippen MR) is 65.0 cm³/mol. The van der Waals surface area contributed by atoms with Crippen LogP contribution in [0.4, 0.5) is 0 Å². The zero-order valence-electron chi connectivity index (χ0n) is 8.90. The number of ether oxygens (including phenoxy) is 1. The molecule has 0 atom stereocenters. The lowest BCUT2D eigenvalue weighted by Gasteiger charge is -2.04. The Hall–Kier alpha value is -1.62. The Labute approximate surface area is 107 Å². The molecule has 1 aliphatic rings. The van der Waals surface area contributed by atoms with Crippen molar-refractivity contribution in [1.29, 1.82) is 0 Å². The molecule has 4 nitrogen and oxygen atoms in total. The van der Waals surface area contributed by atoms with Gasteiger partial charge in [0.25, 0.3) is 0 Å². The van der Waals surface area contributed by atoms with E-state index >= 15 is 0 Å². The Bertz CT molecular complexity index is 479. The van der Waals surface area contributed by atoms with Crippen LogP contribution < -0.4 is 5.32 Å². The molecule has 5 heteroatoms. The van der Waals surface area contributed by atoms with Crippen molar-refractivity contribution >= 4 is 27.8 Å². The quantitative estimate of drug-likeness (QED) is 0.861. The zero-order valence-corrected chi connectivity index (χ0v) is 10.5. The van der Waals surface area contributed by atoms with Crippen molar-refractivity contribution in [3.63, 3.8) is 0 Å². The molecular formula is C12H10BrNO3. The number of benzene rings is 1. The molecule has 1 aliphatic heterocycles. The number of carbonyl (C=O) groups is 2. The molecule has 0 bridgehead atoms. The Morgan fingerprint density at radius 1 is 1.35 bits per heavy atom. The van der Waals surface area contributed by atoms with Gasteiger partial charge in [-0.2, -0.15) is 0 Å². The smallest absolute Gasteiger partial charge is 0.333 e. The normalized spacial score (nSPS) is 14.2. The molecule has 0 saturated heterocycles. The summed E-state index contributed by atoms with van der Waals surface area (Å²) in [6.07, 6.45) is 1.57. The molecule has 1 N–H and O–H groups in total. The molecule has 1 amide bonds. The highest BCUT2D eigenvalue weighted by Gasteiger charge is 2.15. The molecular weight excluding hydrogens is 286 g/mol. The SMILES string of the molecule is O=C(Cc1ccc(Br)cc1)NC1=CC(=O)OC1. The maximum absolute atomic E-state index is 11.6. The first-order valence-electron chi connectivity index (χ1n) is 5.05. The van der Waals surface area contributed by atoms with Gasteiger partial charge in [0, 0.05) is 10.5 Å². The highest BCUT2D eigenvalue weighted by Crippen LogP contribution is 2.11. The van der Waals surface area contributed by atoms with Gasteiger partial charge in [-0.3, -0.25) is 4.79 Å². The van der Waals surface area contributed by atoms with Crippen LogP contribution in [0.2, 0.25) is 0 Å². The highest BCUT2D eigenvalue weighted by molar-refractivity contribution is 9.10. The summed E-state index contributed by atoms with van der Waals surface area (Å²) in [7, 11) is 0. The van der Waals surface area contributed by atoms with Gasteiger partial charge >= 0.3 is 5.97 Å². The maximum Gasteiger partial charge on any atom is 0.333 e. The minimum Gasteiger partial charge on any atom is -0.456 e. The van der Waals surface area contributed by atoms with E-state index in [0.717, 1.165) is 10.0 Å². The Kier molecular flexibility index (Phi) is 3.58. The first kappa shape index (κ1) is 11.9. The third kappa shape index (κ3) is 3.42. The molecule has 0 aliphatic carbocycles. The first-order valence-corrected chi connectivity index (χ1v) is 5.84. The van der Waals surface area contributed by atoms with E-state index < -0.39 is 5.97 Å². The van der Waals surface area contributed by atoms with Gasteiger partial charge < -0.3 is 10.1 Å². The molecule has 0 fully saturated rings. The van der Waals surface area contributed by atoms with E-state index in [0.29, 0.717) is 5.70 Å². The van der Waals surface area contributed by atoms with Gasteiger partial charge in [-0.25, -0.2) is 4.79 Å². The van der Waals surface area contributed by atoms with Crippen molar-refractivity contribution in [2.75, 3.05) is 6.61 Å². The van der Waals surface area contributed by atoms with E-state index in [9.17, 15) is 9.59 Å². The molecule has 1 aromatic rings. The van der Waals surface area contributed by atoms with Crippen molar-refractivity contribution in [3.8, 4) is 0 Å². The summed E-state index contributed by atoms with van der Waals surface area (Å²) in [6.45, 7) is 0.144. The van der Waals surface area contributed by atoms with Crippen LogP contribution in [0.3, 0.4) is 0 Å². The number of amides is 1. The van der Waals surface area contributed by atoms with E-state index in [1.165, 1.54) is 6.08 Å². The van der Waals surface area contributed by atoms with Crippen LogP contribution in [0.5, 0.6) is 0 Å². The molecule has 88 valence electrons. The number of hydrogen-bond acceptors (Lipinski definition) is 3. The number of rotatable bonds is 3. The molecule has 0 unspecified atom stereocenters. The van der Waals surface area contributed by atoms with Crippen molar-refractivity contribution in [3.05, 3.63) is 46.1 Å². The fourth-order valence-electron chi connectivity index (χ4n) is 1.46. The van der Waals surface area contributed by atoms with Crippen molar-refractivity contribution < 1.29 is 14.3 Å². The summed E-state index contributed by atoms with van der Waals surface area (Å²) < 4.78 is 5.65. The third-order valence-corrected chi connectivity index (χ3v) is 2.77. The lowest BCUT2D eigenvalue weighted by Crippen LogP contribution is -2.25. The maximum atomic E-state index is 11.6. The van der Waals surface area contributed by atoms with E-state index in [4.69, 9.17) is 0 Å². The molecule has 0 spiro atoms. The fraction of sp³-hybridized carbons (Fsp3) is 0.167. The Morgan fingerprint density at radius 3 is 2.65 bits per heavy atom. The van der Waals surface area contributed by atoms with Crippen LogP contribution in [0.15, 0.2) is 40.5 Å². The molecule has 0 radical (unpaired) electrons. The molecule has 1 aromatic carbocycles. The van der Waals surface area contributed by atoms with Crippen LogP contribution in [-0.2, 0) is 20.7 Å². The third-order valence-electron chi connectivity index (χ3n) is 2.24. The van der Waals surface area contributed by atoms with Crippen LogP contribution in [0.1, 0.15) is 5.56 Å². The number of hydrogen-bond donors (Lipinski definition) is 1. The Balaban J connectivity index is 1.91. The van der Waals surface area contributed by atoms with Crippen molar-refractivity contribution in [1.82, 2.24) is 5.32 Å². The summed E-state index contributed by atoms with van der Waals surface area (Å²) in [4.78, 5) is 22.4. The lowest BCUT2D eigenvalue weighted by molar-refractivity contribution is -0.135. The zero-order chi connectivity index (χ0) is 12.3. The average molecular weight is 296 g/mol. The van der Waals surface area contributed by atoms with Gasteiger partial charge in [-0.1, -0.05) is 28.1 Å². The largest absolute Gasteiger partial charge is 0.456 e. The first-order chi connectivity index (χ1) is 8.13. The van der Waals surface area contributed by atoms with E-state index in [1.54, 1.807) is 0 Å². The standard InChI is InChI=1S/C12H10BrNO3/c13-9-3-1-8(2-4-9)5-11(15)14-10-6-12(16)17-7-10/h1-4,6H,5,7H2,(H,14,15). The number of nitrogens with one attached hydrogen (secondary N) is 1.